The van der Waals surface area contributed by atoms with Crippen molar-refractivity contribution in [3.05, 3.63) is 0 Å². The Bertz CT molecular complexity index is 381. The molecule has 2 N–H and O–H groups in total. The minimum absolute atomic E-state index is 0.0294. The van der Waals surface area contributed by atoms with E-state index in [0.717, 1.165) is 6.42 Å². The Morgan fingerprint density at radius 2 is 2.00 bits per heavy atom. The Kier molecular flexibility index (Phi) is 3.65. The molecule has 0 aromatic carbocycles. The number of carbonyl (C=O) groups is 3. The highest BCUT2D eigenvalue weighted by Gasteiger charge is 2.40. The van der Waals surface area contributed by atoms with Crippen LogP contribution in [0.25, 0.3) is 0 Å². The molecule has 6 nitrogen and oxygen atoms in total. The Hall–Kier alpha value is -1.43. The van der Waals surface area contributed by atoms with E-state index in [0.29, 0.717) is 19.4 Å². The minimum atomic E-state index is -0.478. The third-order valence-corrected chi connectivity index (χ3v) is 3.36. The number of amides is 3. The molecule has 2 heterocycles. The van der Waals surface area contributed by atoms with Crippen molar-refractivity contribution in [1.29, 1.82) is 0 Å². The molecule has 100 valence electrons. The van der Waals surface area contributed by atoms with Crippen molar-refractivity contribution in [1.82, 2.24) is 15.5 Å². The second kappa shape index (κ2) is 5.06. The molecule has 0 spiro atoms. The summed E-state index contributed by atoms with van der Waals surface area (Å²) in [6.07, 6.45) is 1.46. The zero-order valence-electron chi connectivity index (χ0n) is 10.7. The van der Waals surface area contributed by atoms with Crippen molar-refractivity contribution in [2.24, 2.45) is 0 Å². The lowest BCUT2D eigenvalue weighted by molar-refractivity contribution is -0.144. The Morgan fingerprint density at radius 1 is 1.28 bits per heavy atom. The van der Waals surface area contributed by atoms with Crippen molar-refractivity contribution >= 4 is 17.7 Å². The zero-order chi connectivity index (χ0) is 13.3. The van der Waals surface area contributed by atoms with Crippen molar-refractivity contribution in [2.45, 2.75) is 51.2 Å². The van der Waals surface area contributed by atoms with Crippen LogP contribution in [0.4, 0.5) is 0 Å². The lowest BCUT2D eigenvalue weighted by Crippen LogP contribution is -2.54. The molecule has 0 aromatic heterocycles. The summed E-state index contributed by atoms with van der Waals surface area (Å²) in [7, 11) is 0. The third kappa shape index (κ3) is 2.53. The molecule has 2 fully saturated rings. The fraction of sp³-hybridized carbons (Fsp3) is 0.750. The van der Waals surface area contributed by atoms with E-state index in [4.69, 9.17) is 0 Å². The van der Waals surface area contributed by atoms with E-state index in [-0.39, 0.29) is 29.8 Å². The largest absolute Gasteiger partial charge is 0.329 e. The summed E-state index contributed by atoms with van der Waals surface area (Å²) in [6.45, 7) is 4.55. The van der Waals surface area contributed by atoms with Crippen LogP contribution in [0.3, 0.4) is 0 Å². The fourth-order valence-corrected chi connectivity index (χ4v) is 2.55. The average molecular weight is 253 g/mol. The maximum absolute atomic E-state index is 12.2. The molecule has 0 bridgehead atoms. The second-order valence-electron chi connectivity index (χ2n) is 5.16. The SMILES string of the molecule is CC(C)NC1CCN(C2CCC(=O)NC2=O)C1=O. The average Bonchev–Trinajstić information content (AvgIpc) is 2.60. The van der Waals surface area contributed by atoms with Gasteiger partial charge in [0.15, 0.2) is 0 Å². The molecule has 2 saturated heterocycles. The molecule has 2 aliphatic rings. The molecule has 6 heteroatoms. The van der Waals surface area contributed by atoms with Crippen LogP contribution in [0, 0.1) is 0 Å². The monoisotopic (exact) mass is 253 g/mol. The number of rotatable bonds is 3. The highest BCUT2D eigenvalue weighted by Crippen LogP contribution is 2.20. The highest BCUT2D eigenvalue weighted by atomic mass is 16.2. The lowest BCUT2D eigenvalue weighted by atomic mass is 10.0. The molecular formula is C12H19N3O3. The van der Waals surface area contributed by atoms with Crippen LogP contribution in [0.15, 0.2) is 0 Å². The first-order valence-electron chi connectivity index (χ1n) is 6.39. The summed E-state index contributed by atoms with van der Waals surface area (Å²) in [6, 6.07) is -0.440. The normalized spacial score (nSPS) is 29.1. The minimum Gasteiger partial charge on any atom is -0.329 e. The first-order valence-corrected chi connectivity index (χ1v) is 6.39. The lowest BCUT2D eigenvalue weighted by Gasteiger charge is -2.29. The number of piperidine rings is 1. The van der Waals surface area contributed by atoms with Crippen LogP contribution in [0.1, 0.15) is 33.1 Å². The molecular weight excluding hydrogens is 234 g/mol. The summed E-state index contributed by atoms with van der Waals surface area (Å²) in [4.78, 5) is 36.6. The van der Waals surface area contributed by atoms with Gasteiger partial charge in [0.2, 0.25) is 17.7 Å². The number of imide groups is 1. The van der Waals surface area contributed by atoms with Gasteiger partial charge in [-0.05, 0) is 12.8 Å². The van der Waals surface area contributed by atoms with Crippen molar-refractivity contribution in [2.75, 3.05) is 6.54 Å². The van der Waals surface area contributed by atoms with Crippen LogP contribution in [-0.4, -0.2) is 47.3 Å². The molecule has 3 amide bonds. The maximum Gasteiger partial charge on any atom is 0.249 e. The molecule has 2 aliphatic heterocycles. The molecule has 18 heavy (non-hydrogen) atoms. The van der Waals surface area contributed by atoms with E-state index >= 15 is 0 Å². The summed E-state index contributed by atoms with van der Waals surface area (Å²) in [5, 5.41) is 5.48. The number of hydrogen-bond donors (Lipinski definition) is 2. The number of likely N-dealkylation sites (tertiary alicyclic amines) is 1. The number of hydrogen-bond acceptors (Lipinski definition) is 4. The van der Waals surface area contributed by atoms with E-state index in [1.54, 1.807) is 4.90 Å². The molecule has 0 saturated carbocycles. The maximum atomic E-state index is 12.2. The second-order valence-corrected chi connectivity index (χ2v) is 5.16. The molecule has 0 radical (unpaired) electrons. The quantitative estimate of drug-likeness (QED) is 0.658. The van der Waals surface area contributed by atoms with Crippen LogP contribution in [-0.2, 0) is 14.4 Å². The Morgan fingerprint density at radius 3 is 2.61 bits per heavy atom. The standard InChI is InChI=1S/C12H19N3O3/c1-7(2)13-8-5-6-15(12(8)18)9-3-4-10(16)14-11(9)17/h7-9,13H,3-6H2,1-2H3,(H,14,16,17). The van der Waals surface area contributed by atoms with Gasteiger partial charge >= 0.3 is 0 Å². The predicted octanol–water partition coefficient (Wildman–Crippen LogP) is -0.609. The van der Waals surface area contributed by atoms with E-state index < -0.39 is 6.04 Å². The first kappa shape index (κ1) is 13.0. The van der Waals surface area contributed by atoms with Gasteiger partial charge in [0.25, 0.3) is 0 Å². The van der Waals surface area contributed by atoms with Crippen molar-refractivity contribution < 1.29 is 14.4 Å². The smallest absolute Gasteiger partial charge is 0.249 e. The van der Waals surface area contributed by atoms with Gasteiger partial charge in [0, 0.05) is 19.0 Å². The molecule has 2 atom stereocenters. The van der Waals surface area contributed by atoms with Crippen LogP contribution < -0.4 is 10.6 Å². The van der Waals surface area contributed by atoms with Gasteiger partial charge in [-0.3, -0.25) is 19.7 Å². The summed E-state index contributed by atoms with van der Waals surface area (Å²) >= 11 is 0. The number of carbonyl (C=O) groups excluding carboxylic acids is 3. The van der Waals surface area contributed by atoms with E-state index in [1.807, 2.05) is 13.8 Å². The van der Waals surface area contributed by atoms with Gasteiger partial charge in [-0.2, -0.15) is 0 Å². The van der Waals surface area contributed by atoms with Crippen LogP contribution >= 0.6 is 0 Å². The van der Waals surface area contributed by atoms with E-state index in [1.165, 1.54) is 0 Å². The fourth-order valence-electron chi connectivity index (χ4n) is 2.55. The van der Waals surface area contributed by atoms with E-state index in [9.17, 15) is 14.4 Å². The zero-order valence-corrected chi connectivity index (χ0v) is 10.7. The summed E-state index contributed by atoms with van der Waals surface area (Å²) in [5.74, 6) is -0.622. The Labute approximate surface area is 106 Å². The van der Waals surface area contributed by atoms with E-state index in [2.05, 4.69) is 10.6 Å². The number of nitrogens with one attached hydrogen (secondary N) is 2. The molecule has 2 unspecified atom stereocenters. The predicted molar refractivity (Wildman–Crippen MR) is 64.6 cm³/mol. The van der Waals surface area contributed by atoms with Crippen LogP contribution in [0.2, 0.25) is 0 Å². The highest BCUT2D eigenvalue weighted by molar-refractivity contribution is 6.02. The molecule has 0 aliphatic carbocycles. The van der Waals surface area contributed by atoms with Gasteiger partial charge in [0.1, 0.15) is 6.04 Å². The van der Waals surface area contributed by atoms with Gasteiger partial charge in [-0.25, -0.2) is 0 Å². The van der Waals surface area contributed by atoms with Crippen molar-refractivity contribution in [3.63, 3.8) is 0 Å². The summed E-state index contributed by atoms with van der Waals surface area (Å²) < 4.78 is 0. The van der Waals surface area contributed by atoms with Gasteiger partial charge in [0.05, 0.1) is 6.04 Å². The van der Waals surface area contributed by atoms with Gasteiger partial charge < -0.3 is 10.2 Å². The Balaban J connectivity index is 2.00. The van der Waals surface area contributed by atoms with Crippen LogP contribution in [0.5, 0.6) is 0 Å². The summed E-state index contributed by atoms with van der Waals surface area (Å²) in [5.41, 5.74) is 0. The van der Waals surface area contributed by atoms with Gasteiger partial charge in [-0.1, -0.05) is 13.8 Å². The van der Waals surface area contributed by atoms with Gasteiger partial charge in [-0.15, -0.1) is 0 Å². The first-order chi connectivity index (χ1) is 8.49. The number of nitrogens with zero attached hydrogens (tertiary/aromatic N) is 1. The van der Waals surface area contributed by atoms with Crippen molar-refractivity contribution in [3.8, 4) is 0 Å². The molecule has 2 rings (SSSR count). The third-order valence-electron chi connectivity index (χ3n) is 3.36. The molecule has 0 aromatic rings. The topological polar surface area (TPSA) is 78.5 Å².